The van der Waals surface area contributed by atoms with E-state index >= 15 is 0 Å². The monoisotopic (exact) mass is 369 g/mol. The molecule has 0 aromatic carbocycles. The van der Waals surface area contributed by atoms with E-state index in [-0.39, 0.29) is 17.6 Å². The molecule has 2 aliphatic rings. The highest BCUT2D eigenvalue weighted by molar-refractivity contribution is 5.92. The molecule has 1 spiro atoms. The molecule has 0 bridgehead atoms. The summed E-state index contributed by atoms with van der Waals surface area (Å²) in [5.74, 6) is 0.790. The molecule has 2 fully saturated rings. The fourth-order valence-corrected chi connectivity index (χ4v) is 4.14. The van der Waals surface area contributed by atoms with Gasteiger partial charge in [0.1, 0.15) is 11.8 Å². The quantitative estimate of drug-likeness (QED) is 0.835. The Bertz CT molecular complexity index is 809. The Morgan fingerprint density at radius 1 is 1.33 bits per heavy atom. The van der Waals surface area contributed by atoms with E-state index in [1.54, 1.807) is 6.20 Å². The molecule has 0 aliphatic carbocycles. The summed E-state index contributed by atoms with van der Waals surface area (Å²) in [5.41, 5.74) is 1.70. The number of hydrogen-bond acceptors (Lipinski definition) is 4. The molecule has 4 rings (SSSR count). The van der Waals surface area contributed by atoms with Crippen LogP contribution in [0.3, 0.4) is 0 Å². The molecule has 6 heteroatoms. The molecular formula is C21H27N3O3. The van der Waals surface area contributed by atoms with Crippen molar-refractivity contribution in [2.45, 2.75) is 44.3 Å². The van der Waals surface area contributed by atoms with Crippen molar-refractivity contribution in [1.82, 2.24) is 14.5 Å². The summed E-state index contributed by atoms with van der Waals surface area (Å²) in [6, 6.07) is 7.73. The SMILES string of the molecule is Cc1ccnc(OC2CCOC3(CCN(C(=O)c4cccn4C)CC3)C2)c1. The smallest absolute Gasteiger partial charge is 0.270 e. The van der Waals surface area contributed by atoms with E-state index in [2.05, 4.69) is 4.98 Å². The Labute approximate surface area is 160 Å². The van der Waals surface area contributed by atoms with Crippen molar-refractivity contribution in [1.29, 1.82) is 0 Å². The Hall–Kier alpha value is -2.34. The Morgan fingerprint density at radius 3 is 2.85 bits per heavy atom. The van der Waals surface area contributed by atoms with Gasteiger partial charge >= 0.3 is 0 Å². The predicted molar refractivity (Wildman–Crippen MR) is 102 cm³/mol. The number of likely N-dealkylation sites (tertiary alicyclic amines) is 1. The molecule has 4 heterocycles. The standard InChI is InChI=1S/C21H27N3O3/c1-16-5-9-22-19(14-16)27-17-6-13-26-21(15-17)7-11-24(12-8-21)20(25)18-4-3-10-23(18)2/h3-5,9-10,14,17H,6-8,11-13,15H2,1-2H3. The van der Waals surface area contributed by atoms with Crippen LogP contribution in [0.15, 0.2) is 36.7 Å². The van der Waals surface area contributed by atoms with Crippen LogP contribution in [-0.2, 0) is 11.8 Å². The molecule has 144 valence electrons. The zero-order valence-corrected chi connectivity index (χ0v) is 16.1. The molecule has 0 N–H and O–H groups in total. The van der Waals surface area contributed by atoms with Crippen LogP contribution in [0, 0.1) is 6.92 Å². The van der Waals surface area contributed by atoms with Gasteiger partial charge in [-0.1, -0.05) is 0 Å². The van der Waals surface area contributed by atoms with Crippen molar-refractivity contribution in [2.75, 3.05) is 19.7 Å². The summed E-state index contributed by atoms with van der Waals surface area (Å²) < 4.78 is 14.2. The largest absolute Gasteiger partial charge is 0.474 e. The molecule has 6 nitrogen and oxygen atoms in total. The number of carbonyl (C=O) groups excluding carboxylic acids is 1. The van der Waals surface area contributed by atoms with Crippen molar-refractivity contribution in [2.24, 2.45) is 7.05 Å². The molecule has 2 aromatic heterocycles. The second-order valence-corrected chi connectivity index (χ2v) is 7.73. The van der Waals surface area contributed by atoms with Gasteiger partial charge in [0.15, 0.2) is 0 Å². The zero-order valence-electron chi connectivity index (χ0n) is 16.1. The highest BCUT2D eigenvalue weighted by atomic mass is 16.5. The Morgan fingerprint density at radius 2 is 2.15 bits per heavy atom. The molecule has 0 saturated carbocycles. The summed E-state index contributed by atoms with van der Waals surface area (Å²) >= 11 is 0. The first-order chi connectivity index (χ1) is 13.0. The maximum absolute atomic E-state index is 12.7. The number of pyridine rings is 1. The summed E-state index contributed by atoms with van der Waals surface area (Å²) in [4.78, 5) is 19.0. The van der Waals surface area contributed by atoms with Gasteiger partial charge in [-0.05, 0) is 43.5 Å². The zero-order chi connectivity index (χ0) is 18.9. The molecule has 1 atom stereocenters. The van der Waals surface area contributed by atoms with Gasteiger partial charge < -0.3 is 18.9 Å². The third-order valence-corrected chi connectivity index (χ3v) is 5.75. The minimum atomic E-state index is -0.183. The van der Waals surface area contributed by atoms with Crippen LogP contribution in [0.2, 0.25) is 0 Å². The molecule has 2 aromatic rings. The molecule has 27 heavy (non-hydrogen) atoms. The summed E-state index contributed by atoms with van der Waals surface area (Å²) in [6.45, 7) is 4.18. The average molecular weight is 369 g/mol. The number of hydrogen-bond donors (Lipinski definition) is 0. The summed E-state index contributed by atoms with van der Waals surface area (Å²) in [5, 5.41) is 0. The van der Waals surface area contributed by atoms with E-state index in [4.69, 9.17) is 9.47 Å². The Kier molecular flexibility index (Phi) is 4.91. The Balaban J connectivity index is 1.37. The van der Waals surface area contributed by atoms with Gasteiger partial charge in [0.05, 0.1) is 12.2 Å². The molecule has 0 radical (unpaired) electrons. The van der Waals surface area contributed by atoms with Crippen molar-refractivity contribution in [3.05, 3.63) is 47.9 Å². The maximum Gasteiger partial charge on any atom is 0.270 e. The first kappa shape index (κ1) is 18.0. The second-order valence-electron chi connectivity index (χ2n) is 7.73. The number of carbonyl (C=O) groups is 1. The number of amides is 1. The van der Waals surface area contributed by atoms with E-state index in [0.717, 1.165) is 50.0 Å². The van der Waals surface area contributed by atoms with Gasteiger partial charge in [0.25, 0.3) is 5.91 Å². The maximum atomic E-state index is 12.7. The van der Waals surface area contributed by atoms with Gasteiger partial charge in [-0.15, -0.1) is 0 Å². The van der Waals surface area contributed by atoms with Crippen LogP contribution < -0.4 is 4.74 Å². The lowest BCUT2D eigenvalue weighted by molar-refractivity contribution is -0.135. The molecule has 2 saturated heterocycles. The molecule has 1 amide bonds. The van der Waals surface area contributed by atoms with Crippen molar-refractivity contribution < 1.29 is 14.3 Å². The minimum absolute atomic E-state index is 0.102. The van der Waals surface area contributed by atoms with Gasteiger partial charge in [-0.2, -0.15) is 0 Å². The van der Waals surface area contributed by atoms with Gasteiger partial charge in [-0.25, -0.2) is 4.98 Å². The summed E-state index contributed by atoms with van der Waals surface area (Å²) in [7, 11) is 1.91. The third kappa shape index (κ3) is 3.86. The summed E-state index contributed by atoms with van der Waals surface area (Å²) in [6.07, 6.45) is 7.24. The number of ether oxygens (including phenoxy) is 2. The van der Waals surface area contributed by atoms with Crippen molar-refractivity contribution >= 4 is 5.91 Å². The van der Waals surface area contributed by atoms with Crippen LogP contribution in [0.5, 0.6) is 5.88 Å². The van der Waals surface area contributed by atoms with E-state index in [1.165, 1.54) is 0 Å². The first-order valence-electron chi connectivity index (χ1n) is 9.69. The number of piperidine rings is 1. The number of nitrogens with zero attached hydrogens (tertiary/aromatic N) is 3. The normalized spacial score (nSPS) is 22.0. The van der Waals surface area contributed by atoms with Gasteiger partial charge in [0.2, 0.25) is 5.88 Å². The number of rotatable bonds is 3. The number of aryl methyl sites for hydroxylation is 2. The average Bonchev–Trinajstić information content (AvgIpc) is 3.08. The van der Waals surface area contributed by atoms with Crippen LogP contribution in [0.4, 0.5) is 0 Å². The topological polar surface area (TPSA) is 56.6 Å². The van der Waals surface area contributed by atoms with Crippen LogP contribution in [0.25, 0.3) is 0 Å². The van der Waals surface area contributed by atoms with Crippen molar-refractivity contribution in [3.8, 4) is 5.88 Å². The van der Waals surface area contributed by atoms with E-state index < -0.39 is 0 Å². The molecule has 1 unspecified atom stereocenters. The van der Waals surface area contributed by atoms with Crippen LogP contribution in [-0.4, -0.2) is 51.8 Å². The fourth-order valence-electron chi connectivity index (χ4n) is 4.14. The molecular weight excluding hydrogens is 342 g/mol. The lowest BCUT2D eigenvalue weighted by Gasteiger charge is -2.45. The third-order valence-electron chi connectivity index (χ3n) is 5.75. The van der Waals surface area contributed by atoms with Crippen molar-refractivity contribution in [3.63, 3.8) is 0 Å². The van der Waals surface area contributed by atoms with Crippen LogP contribution >= 0.6 is 0 Å². The highest BCUT2D eigenvalue weighted by Crippen LogP contribution is 2.36. The first-order valence-corrected chi connectivity index (χ1v) is 9.69. The van der Waals surface area contributed by atoms with Crippen LogP contribution in [0.1, 0.15) is 41.7 Å². The second kappa shape index (κ2) is 7.35. The fraction of sp³-hybridized carbons (Fsp3) is 0.524. The predicted octanol–water partition coefficient (Wildman–Crippen LogP) is 2.96. The number of aromatic nitrogens is 2. The van der Waals surface area contributed by atoms with Gasteiger partial charge in [0, 0.05) is 51.4 Å². The lowest BCUT2D eigenvalue weighted by Crippen LogP contribution is -2.52. The van der Waals surface area contributed by atoms with E-state index in [1.807, 2.05) is 53.9 Å². The van der Waals surface area contributed by atoms with Gasteiger partial charge in [-0.3, -0.25) is 4.79 Å². The van der Waals surface area contributed by atoms with E-state index in [9.17, 15) is 4.79 Å². The lowest BCUT2D eigenvalue weighted by atomic mass is 9.83. The minimum Gasteiger partial charge on any atom is -0.474 e. The van der Waals surface area contributed by atoms with E-state index in [0.29, 0.717) is 12.5 Å². The highest BCUT2D eigenvalue weighted by Gasteiger charge is 2.42. The molecule has 2 aliphatic heterocycles.